The molecule has 0 atom stereocenters. The second-order valence-electron chi connectivity index (χ2n) is 6.80. The van der Waals surface area contributed by atoms with Crippen LogP contribution in [0.2, 0.25) is 0 Å². The van der Waals surface area contributed by atoms with E-state index in [9.17, 15) is 9.59 Å². The molecular weight excluding hydrogens is 340 g/mol. The molecule has 1 saturated heterocycles. The summed E-state index contributed by atoms with van der Waals surface area (Å²) in [5.74, 6) is 0.683. The van der Waals surface area contributed by atoms with Crippen molar-refractivity contribution in [3.8, 4) is 0 Å². The maximum Gasteiger partial charge on any atom is 0.323 e. The lowest BCUT2D eigenvalue weighted by molar-refractivity contribution is -0.116. The van der Waals surface area contributed by atoms with Crippen LogP contribution in [0.4, 0.5) is 21.9 Å². The molecule has 0 saturated carbocycles. The molecule has 0 bridgehead atoms. The molecule has 0 unspecified atom stereocenters. The number of hydrogen-bond acceptors (Lipinski definition) is 3. The summed E-state index contributed by atoms with van der Waals surface area (Å²) >= 11 is 0. The molecule has 6 nitrogen and oxygen atoms in total. The minimum atomic E-state index is -0.306. The van der Waals surface area contributed by atoms with Gasteiger partial charge in [-0.25, -0.2) is 4.79 Å². The second-order valence-corrected chi connectivity index (χ2v) is 6.80. The minimum absolute atomic E-state index is 0.0380. The predicted molar refractivity (Wildman–Crippen MR) is 109 cm³/mol. The van der Waals surface area contributed by atoms with Crippen LogP contribution in [-0.2, 0) is 4.79 Å². The van der Waals surface area contributed by atoms with Gasteiger partial charge in [0.25, 0.3) is 0 Å². The Morgan fingerprint density at radius 3 is 2.00 bits per heavy atom. The van der Waals surface area contributed by atoms with Crippen LogP contribution >= 0.6 is 0 Å². The Bertz CT molecular complexity index is 741. The van der Waals surface area contributed by atoms with E-state index >= 15 is 0 Å². The summed E-state index contributed by atoms with van der Waals surface area (Å²) in [4.78, 5) is 24.1. The molecule has 0 spiro atoms. The standard InChI is InChI=1S/C21H26N4O2/c26-20(11-6-16-12-14-22-15-13-16)23-18-7-9-19(10-8-18)25-21(27)24-17-4-2-1-3-5-17/h1-5,7-10,16,22H,6,11-15H2,(H,23,26)(H2,24,25,27). The number of rotatable bonds is 6. The van der Waals surface area contributed by atoms with Crippen molar-refractivity contribution in [2.24, 2.45) is 5.92 Å². The quantitative estimate of drug-likeness (QED) is 0.622. The largest absolute Gasteiger partial charge is 0.326 e. The van der Waals surface area contributed by atoms with Gasteiger partial charge in [-0.2, -0.15) is 0 Å². The monoisotopic (exact) mass is 366 g/mol. The van der Waals surface area contributed by atoms with Crippen LogP contribution in [0.15, 0.2) is 54.6 Å². The zero-order chi connectivity index (χ0) is 18.9. The summed E-state index contributed by atoms with van der Waals surface area (Å²) in [6.07, 6.45) is 3.79. The van der Waals surface area contributed by atoms with E-state index < -0.39 is 0 Å². The Morgan fingerprint density at radius 2 is 1.37 bits per heavy atom. The number of hydrogen-bond donors (Lipinski definition) is 4. The molecule has 1 aliphatic heterocycles. The molecule has 27 heavy (non-hydrogen) atoms. The molecule has 3 rings (SSSR count). The van der Waals surface area contributed by atoms with Crippen molar-refractivity contribution in [2.45, 2.75) is 25.7 Å². The Labute approximate surface area is 159 Å². The highest BCUT2D eigenvalue weighted by atomic mass is 16.2. The average Bonchev–Trinajstić information content (AvgIpc) is 2.69. The molecule has 1 aliphatic rings. The maximum absolute atomic E-state index is 12.1. The molecule has 0 aromatic heterocycles. The molecule has 1 fully saturated rings. The van der Waals surface area contributed by atoms with Crippen LogP contribution in [0.25, 0.3) is 0 Å². The van der Waals surface area contributed by atoms with E-state index in [1.807, 2.05) is 30.3 Å². The highest BCUT2D eigenvalue weighted by Crippen LogP contribution is 2.19. The van der Waals surface area contributed by atoms with E-state index in [4.69, 9.17) is 0 Å². The lowest BCUT2D eigenvalue weighted by Gasteiger charge is -2.22. The van der Waals surface area contributed by atoms with Gasteiger partial charge < -0.3 is 21.3 Å². The van der Waals surface area contributed by atoms with E-state index in [1.54, 1.807) is 24.3 Å². The Morgan fingerprint density at radius 1 is 0.815 bits per heavy atom. The van der Waals surface area contributed by atoms with Gasteiger partial charge in [-0.15, -0.1) is 0 Å². The molecule has 3 amide bonds. The maximum atomic E-state index is 12.1. The highest BCUT2D eigenvalue weighted by molar-refractivity contribution is 6.00. The Kier molecular flexibility index (Phi) is 6.82. The molecule has 2 aromatic carbocycles. The van der Waals surface area contributed by atoms with Gasteiger partial charge in [-0.1, -0.05) is 18.2 Å². The van der Waals surface area contributed by atoms with Crippen molar-refractivity contribution in [3.05, 3.63) is 54.6 Å². The summed E-state index contributed by atoms with van der Waals surface area (Å²) in [5, 5.41) is 11.8. The molecular formula is C21H26N4O2. The predicted octanol–water partition coefficient (Wildman–Crippen LogP) is 4.05. The lowest BCUT2D eigenvalue weighted by atomic mass is 9.93. The molecule has 142 valence electrons. The first-order chi connectivity index (χ1) is 13.2. The number of carbonyl (C=O) groups excluding carboxylic acids is 2. The number of carbonyl (C=O) groups is 2. The van der Waals surface area contributed by atoms with Crippen LogP contribution in [0.3, 0.4) is 0 Å². The minimum Gasteiger partial charge on any atom is -0.326 e. The van der Waals surface area contributed by atoms with Crippen LogP contribution in [0.1, 0.15) is 25.7 Å². The normalized spacial score (nSPS) is 14.4. The zero-order valence-corrected chi connectivity index (χ0v) is 15.3. The van der Waals surface area contributed by atoms with Crippen LogP contribution in [-0.4, -0.2) is 25.0 Å². The SMILES string of the molecule is O=C(CCC1CCNCC1)Nc1ccc(NC(=O)Nc2ccccc2)cc1. The van der Waals surface area contributed by atoms with Gasteiger partial charge in [0.2, 0.25) is 5.91 Å². The number of nitrogens with one attached hydrogen (secondary N) is 4. The van der Waals surface area contributed by atoms with Crippen molar-refractivity contribution >= 4 is 29.0 Å². The number of amides is 3. The zero-order valence-electron chi connectivity index (χ0n) is 15.3. The van der Waals surface area contributed by atoms with E-state index in [1.165, 1.54) is 0 Å². The first-order valence-corrected chi connectivity index (χ1v) is 9.43. The smallest absolute Gasteiger partial charge is 0.323 e. The van der Waals surface area contributed by atoms with Crippen LogP contribution in [0, 0.1) is 5.92 Å². The average molecular weight is 366 g/mol. The van der Waals surface area contributed by atoms with E-state index in [0.717, 1.165) is 43.7 Å². The number of piperidine rings is 1. The summed E-state index contributed by atoms with van der Waals surface area (Å²) in [6, 6.07) is 16.1. The van der Waals surface area contributed by atoms with Gasteiger partial charge in [0.15, 0.2) is 0 Å². The van der Waals surface area contributed by atoms with Crippen molar-refractivity contribution < 1.29 is 9.59 Å². The van der Waals surface area contributed by atoms with Gasteiger partial charge in [-0.05, 0) is 74.7 Å². The molecule has 1 heterocycles. The van der Waals surface area contributed by atoms with Gasteiger partial charge in [0.1, 0.15) is 0 Å². The van der Waals surface area contributed by atoms with E-state index in [0.29, 0.717) is 18.0 Å². The fourth-order valence-electron chi connectivity index (χ4n) is 3.18. The molecule has 0 radical (unpaired) electrons. The third kappa shape index (κ3) is 6.42. The van der Waals surface area contributed by atoms with Crippen LogP contribution in [0.5, 0.6) is 0 Å². The fourth-order valence-corrected chi connectivity index (χ4v) is 3.18. The number of benzene rings is 2. The van der Waals surface area contributed by atoms with Crippen molar-refractivity contribution in [3.63, 3.8) is 0 Å². The highest BCUT2D eigenvalue weighted by Gasteiger charge is 2.14. The molecule has 2 aromatic rings. The third-order valence-electron chi connectivity index (χ3n) is 4.70. The van der Waals surface area contributed by atoms with Gasteiger partial charge in [0, 0.05) is 23.5 Å². The summed E-state index contributed by atoms with van der Waals surface area (Å²) < 4.78 is 0. The Hall–Kier alpha value is -2.86. The van der Waals surface area contributed by atoms with Gasteiger partial charge in [0.05, 0.1) is 0 Å². The van der Waals surface area contributed by atoms with Gasteiger partial charge in [-0.3, -0.25) is 4.79 Å². The molecule has 4 N–H and O–H groups in total. The number of anilines is 3. The first-order valence-electron chi connectivity index (χ1n) is 9.43. The summed E-state index contributed by atoms with van der Waals surface area (Å²) in [6.45, 7) is 2.11. The third-order valence-corrected chi connectivity index (χ3v) is 4.70. The summed E-state index contributed by atoms with van der Waals surface area (Å²) in [7, 11) is 0. The summed E-state index contributed by atoms with van der Waals surface area (Å²) in [5.41, 5.74) is 2.13. The molecule has 0 aliphatic carbocycles. The number of para-hydroxylation sites is 1. The number of urea groups is 1. The van der Waals surface area contributed by atoms with E-state index in [-0.39, 0.29) is 11.9 Å². The topological polar surface area (TPSA) is 82.3 Å². The van der Waals surface area contributed by atoms with Crippen molar-refractivity contribution in [1.29, 1.82) is 0 Å². The first kappa shape index (κ1) is 18.9. The van der Waals surface area contributed by atoms with Crippen molar-refractivity contribution in [1.82, 2.24) is 5.32 Å². The van der Waals surface area contributed by atoms with Gasteiger partial charge >= 0.3 is 6.03 Å². The Balaban J connectivity index is 1.42. The van der Waals surface area contributed by atoms with Crippen molar-refractivity contribution in [2.75, 3.05) is 29.0 Å². The molecule has 6 heteroatoms. The second kappa shape index (κ2) is 9.73. The van der Waals surface area contributed by atoms with E-state index in [2.05, 4.69) is 21.3 Å². The van der Waals surface area contributed by atoms with Crippen LogP contribution < -0.4 is 21.3 Å². The lowest BCUT2D eigenvalue weighted by Crippen LogP contribution is -2.28. The fraction of sp³-hybridized carbons (Fsp3) is 0.333.